The molecule has 6 rings (SSSR count). The summed E-state index contributed by atoms with van der Waals surface area (Å²) in [5, 5.41) is 18.4. The van der Waals surface area contributed by atoms with Crippen LogP contribution < -0.4 is 50.4 Å². The van der Waals surface area contributed by atoms with Crippen LogP contribution in [0.3, 0.4) is 0 Å². The average molecular weight is 1000 g/mol. The third-order valence-electron chi connectivity index (χ3n) is 11.4. The lowest BCUT2D eigenvalue weighted by Crippen LogP contribution is -2.59. The van der Waals surface area contributed by atoms with Crippen molar-refractivity contribution in [3.63, 3.8) is 0 Å². The predicted octanol–water partition coefficient (Wildman–Crippen LogP) is 3.02. The molecule has 0 aliphatic heterocycles. The number of primary amides is 3. The van der Waals surface area contributed by atoms with Gasteiger partial charge in [-0.05, 0) is 120 Å². The van der Waals surface area contributed by atoms with Crippen molar-refractivity contribution < 1.29 is 43.2 Å². The fourth-order valence-electron chi connectivity index (χ4n) is 7.53. The van der Waals surface area contributed by atoms with Gasteiger partial charge in [0.15, 0.2) is 34.0 Å². The van der Waals surface area contributed by atoms with Crippen molar-refractivity contribution in [2.24, 2.45) is 34.4 Å². The number of benzene rings is 3. The number of thiophene rings is 3. The van der Waals surface area contributed by atoms with Crippen LogP contribution in [0, 0.1) is 0 Å². The molecule has 362 valence electrons. The molecule has 3 heterocycles. The molecule has 0 saturated carbocycles. The Morgan fingerprint density at radius 2 is 0.643 bits per heavy atom. The Labute approximate surface area is 413 Å². The second-order valence-electron chi connectivity index (χ2n) is 16.7. The molecule has 70 heavy (non-hydrogen) atoms. The normalized spacial score (nSPS) is 13.7. The molecule has 0 spiro atoms. The summed E-state index contributed by atoms with van der Waals surface area (Å²) >= 11 is 4.06. The van der Waals surface area contributed by atoms with E-state index in [1.807, 2.05) is 0 Å². The Balaban J connectivity index is 1.29. The molecule has 6 amide bonds. The number of nitrogens with one attached hydrogen (secondary N) is 3. The molecule has 0 bridgehead atoms. The minimum atomic E-state index is -2.27. The molecule has 3 aromatic heterocycles. The summed E-state index contributed by atoms with van der Waals surface area (Å²) in [6.07, 6.45) is -2.81. The molecule has 15 N–H and O–H groups in total. The van der Waals surface area contributed by atoms with E-state index in [9.17, 15) is 43.2 Å². The van der Waals surface area contributed by atoms with Crippen molar-refractivity contribution in [1.29, 1.82) is 0 Å². The average Bonchev–Trinajstić information content (AvgIpc) is 4.14. The van der Waals surface area contributed by atoms with E-state index in [-0.39, 0.29) is 36.3 Å². The van der Waals surface area contributed by atoms with Crippen molar-refractivity contribution in [2.45, 2.75) is 61.1 Å². The van der Waals surface area contributed by atoms with Crippen molar-refractivity contribution in [2.75, 3.05) is 16.0 Å². The van der Waals surface area contributed by atoms with Gasteiger partial charge in [0.05, 0.1) is 19.3 Å². The first kappa shape index (κ1) is 51.9. The lowest BCUT2D eigenvalue weighted by molar-refractivity contribution is -0.137. The van der Waals surface area contributed by atoms with Crippen LogP contribution in [0.4, 0.5) is 17.1 Å². The number of carbonyl (C=O) groups excluding carboxylic acids is 9. The van der Waals surface area contributed by atoms with E-state index in [0.29, 0.717) is 33.4 Å². The van der Waals surface area contributed by atoms with Crippen molar-refractivity contribution in [3.05, 3.63) is 157 Å². The molecule has 0 fully saturated rings. The molecule has 0 aliphatic rings. The van der Waals surface area contributed by atoms with Crippen LogP contribution in [0.15, 0.2) is 123 Å². The summed E-state index contributed by atoms with van der Waals surface area (Å²) in [4.78, 5) is 117. The van der Waals surface area contributed by atoms with Gasteiger partial charge >= 0.3 is 0 Å². The van der Waals surface area contributed by atoms with Gasteiger partial charge in [0, 0.05) is 42.2 Å². The number of ketones is 3. The molecule has 18 nitrogen and oxygen atoms in total. The van der Waals surface area contributed by atoms with Crippen molar-refractivity contribution in [1.82, 2.24) is 0 Å². The largest absolute Gasteiger partial charge is 0.370 e. The van der Waals surface area contributed by atoms with E-state index in [4.69, 9.17) is 34.4 Å². The van der Waals surface area contributed by atoms with Gasteiger partial charge in [0.1, 0.15) is 0 Å². The van der Waals surface area contributed by atoms with Crippen molar-refractivity contribution >= 4 is 104 Å². The summed E-state index contributed by atoms with van der Waals surface area (Å²) < 4.78 is 0. The number of Topliss-reactive ketones (excluding diaryl/α,β-unsaturated/α-hetero) is 3. The molecule has 21 heteroatoms. The minimum Gasteiger partial charge on any atom is -0.370 e. The summed E-state index contributed by atoms with van der Waals surface area (Å²) in [5.41, 5.74) is 33.0. The summed E-state index contributed by atoms with van der Waals surface area (Å²) in [7, 11) is 0. The molecular weight excluding hydrogens is 955 g/mol. The van der Waals surface area contributed by atoms with E-state index in [1.54, 1.807) is 123 Å². The van der Waals surface area contributed by atoms with Crippen LogP contribution in [0.1, 0.15) is 58.6 Å². The topological polar surface area (TPSA) is 346 Å². The fourth-order valence-corrected chi connectivity index (χ4v) is 9.54. The number of amides is 6. The van der Waals surface area contributed by atoms with E-state index in [2.05, 4.69) is 16.0 Å². The number of anilines is 3. The molecule has 3 atom stereocenters. The lowest BCUT2D eigenvalue weighted by atomic mass is 9.84. The smallest absolute Gasteiger partial charge is 0.252 e. The highest BCUT2D eigenvalue weighted by Gasteiger charge is 2.45. The zero-order chi connectivity index (χ0) is 50.8. The van der Waals surface area contributed by atoms with Gasteiger partial charge in [0.25, 0.3) is 17.7 Å². The number of nitrogens with two attached hydrogens (primary N) is 6. The number of rotatable bonds is 24. The first-order valence-corrected chi connectivity index (χ1v) is 24.1. The Morgan fingerprint density at radius 1 is 0.400 bits per heavy atom. The Hall–Kier alpha value is -7.53. The predicted molar refractivity (Wildman–Crippen MR) is 267 cm³/mol. The Morgan fingerprint density at radius 3 is 0.843 bits per heavy atom. The number of hydrogen-bond donors (Lipinski definition) is 9. The van der Waals surface area contributed by atoms with Gasteiger partial charge in [-0.2, -0.15) is 34.0 Å². The Bertz CT molecular complexity index is 2580. The summed E-state index contributed by atoms with van der Waals surface area (Å²) in [6.45, 7) is 0. The van der Waals surface area contributed by atoms with E-state index < -0.39 is 94.6 Å². The fraction of sp³-hybridized carbons (Fsp3) is 0.204. The maximum atomic E-state index is 13.6. The molecule has 3 aromatic carbocycles. The quantitative estimate of drug-likeness (QED) is 0.0312. The summed E-state index contributed by atoms with van der Waals surface area (Å²) in [5.74, 6) is -8.38. The van der Waals surface area contributed by atoms with E-state index >= 15 is 0 Å². The minimum absolute atomic E-state index is 0.200. The molecular formula is C49H49N9O9S3. The zero-order valence-corrected chi connectivity index (χ0v) is 39.8. The maximum Gasteiger partial charge on any atom is 0.252 e. The van der Waals surface area contributed by atoms with Crippen molar-refractivity contribution in [3.8, 4) is 0 Å². The molecule has 0 saturated heterocycles. The van der Waals surface area contributed by atoms with Crippen LogP contribution in [-0.2, 0) is 62.4 Å². The van der Waals surface area contributed by atoms with Gasteiger partial charge in [-0.25, -0.2) is 0 Å². The highest BCUT2D eigenvalue weighted by atomic mass is 32.1. The monoisotopic (exact) mass is 1000 g/mol. The highest BCUT2D eigenvalue weighted by molar-refractivity contribution is 7.08. The third kappa shape index (κ3) is 12.6. The second kappa shape index (κ2) is 22.3. The van der Waals surface area contributed by atoms with Crippen LogP contribution in [0.2, 0.25) is 0 Å². The number of hydrogen-bond acceptors (Lipinski definition) is 15. The molecule has 0 radical (unpaired) electrons. The van der Waals surface area contributed by atoms with Gasteiger partial charge in [-0.1, -0.05) is 36.4 Å². The number of carbonyl (C=O) groups is 9. The van der Waals surface area contributed by atoms with E-state index in [1.165, 1.54) is 34.0 Å². The van der Waals surface area contributed by atoms with Crippen LogP contribution >= 0.6 is 34.0 Å². The van der Waals surface area contributed by atoms with Crippen LogP contribution in [0.25, 0.3) is 0 Å². The van der Waals surface area contributed by atoms with Crippen LogP contribution in [-0.4, -0.2) is 69.4 Å². The second-order valence-corrected chi connectivity index (χ2v) is 19.0. The molecule has 0 unspecified atom stereocenters. The summed E-state index contributed by atoms with van der Waals surface area (Å²) in [6, 6.07) is 24.7. The van der Waals surface area contributed by atoms with E-state index in [0.717, 1.165) is 0 Å². The zero-order valence-electron chi connectivity index (χ0n) is 37.3. The lowest BCUT2D eigenvalue weighted by Gasteiger charge is -2.26. The molecule has 0 aliphatic carbocycles. The Kier molecular flexibility index (Phi) is 16.5. The maximum absolute atomic E-state index is 13.6. The van der Waals surface area contributed by atoms with Gasteiger partial charge in [0.2, 0.25) is 17.7 Å². The van der Waals surface area contributed by atoms with Gasteiger partial charge in [-0.3, -0.25) is 43.2 Å². The standard InChI is InChI=1S/C49H49N9O9S3/c50-40(62)22-47(53,37(59)19-28-13-16-68-25-28)44(65)56-34-7-1-31(2-8-34)43(32-3-9-35(10-4-32)57-45(66)48(54,23-41(51)63)38(60)20-29-14-17-69-26-29)33-5-11-36(12-6-33)58-46(67)49(55,24-42(52)64)39(61)21-30-15-18-70-27-30/h1-18,25-27,43H,19-24,53-55H2,(H2,50,62)(H2,51,63)(H2,52,64)(H,56,65)(H,57,66)(H,58,67)/t47-,48-,49-/m1/s1. The van der Waals surface area contributed by atoms with Gasteiger partial charge in [-0.15, -0.1) is 0 Å². The first-order chi connectivity index (χ1) is 33.2. The van der Waals surface area contributed by atoms with Crippen LogP contribution in [0.5, 0.6) is 0 Å². The van der Waals surface area contributed by atoms with Gasteiger partial charge < -0.3 is 50.4 Å². The third-order valence-corrected chi connectivity index (χ3v) is 13.6. The first-order valence-electron chi connectivity index (χ1n) is 21.3. The molecule has 6 aromatic rings. The highest BCUT2D eigenvalue weighted by Crippen LogP contribution is 2.35. The SMILES string of the molecule is NC(=O)C[C@@](N)(C(=O)Cc1ccsc1)C(=O)Nc1ccc(C(c2ccc(NC(=O)[C@@](N)(CC(N)=O)C(=O)Cc3ccsc3)cc2)c2ccc(NC(=O)[C@@](N)(CC(N)=O)C(=O)Cc3ccsc3)cc2)cc1.